The third kappa shape index (κ3) is 2.70. The second kappa shape index (κ2) is 5.37. The van der Waals surface area contributed by atoms with Gasteiger partial charge in [-0.15, -0.1) is 11.8 Å². The van der Waals surface area contributed by atoms with E-state index in [9.17, 15) is 0 Å². The molecule has 0 aliphatic carbocycles. The van der Waals surface area contributed by atoms with Crippen molar-refractivity contribution >= 4 is 45.0 Å². The minimum atomic E-state index is 0.420. The van der Waals surface area contributed by atoms with Gasteiger partial charge in [0, 0.05) is 4.90 Å². The monoisotopic (exact) mass is 310 g/mol. The zero-order valence-corrected chi connectivity index (χ0v) is 11.5. The first-order valence-corrected chi connectivity index (χ1v) is 6.90. The van der Waals surface area contributed by atoms with Crippen molar-refractivity contribution in [3.05, 3.63) is 35.1 Å². The minimum Gasteiger partial charge on any atom is -0.383 e. The molecule has 0 aliphatic heterocycles. The van der Waals surface area contributed by atoms with Gasteiger partial charge in [-0.3, -0.25) is 0 Å². The van der Waals surface area contributed by atoms with Gasteiger partial charge >= 0.3 is 0 Å². The average Bonchev–Trinajstić information content (AvgIpc) is 2.35. The van der Waals surface area contributed by atoms with E-state index in [0.29, 0.717) is 16.1 Å². The smallest absolute Gasteiger partial charge is 0.150 e. The van der Waals surface area contributed by atoms with E-state index in [2.05, 4.69) is 31.2 Å². The minimum absolute atomic E-state index is 0.420. The number of aromatic nitrogens is 2. The van der Waals surface area contributed by atoms with Gasteiger partial charge in [-0.05, 0) is 34.3 Å². The summed E-state index contributed by atoms with van der Waals surface area (Å²) in [5, 5.41) is 3.23. The predicted molar refractivity (Wildman–Crippen MR) is 75.7 cm³/mol. The van der Waals surface area contributed by atoms with Crippen molar-refractivity contribution in [2.24, 2.45) is 0 Å². The fourth-order valence-corrected chi connectivity index (χ4v) is 2.20. The van der Waals surface area contributed by atoms with E-state index >= 15 is 0 Å². The van der Waals surface area contributed by atoms with Gasteiger partial charge in [0.1, 0.15) is 22.4 Å². The molecule has 1 aromatic carbocycles. The standard InChI is InChI=1S/C11H11BrN4S/c1-17-8-5-3-2-4-7(8)16-11-9(12)10(13)14-6-15-11/h2-6H,1H3,(H3,13,14,15,16). The summed E-state index contributed by atoms with van der Waals surface area (Å²) in [7, 11) is 0. The molecule has 2 rings (SSSR count). The molecular weight excluding hydrogens is 300 g/mol. The van der Waals surface area contributed by atoms with Crippen LogP contribution in [0, 0.1) is 0 Å². The first-order valence-electron chi connectivity index (χ1n) is 4.88. The lowest BCUT2D eigenvalue weighted by Crippen LogP contribution is -2.00. The molecule has 0 saturated carbocycles. The molecule has 0 atom stereocenters. The predicted octanol–water partition coefficient (Wildman–Crippen LogP) is 3.29. The maximum absolute atomic E-state index is 5.70. The van der Waals surface area contributed by atoms with E-state index in [-0.39, 0.29) is 0 Å². The first-order chi connectivity index (χ1) is 8.22. The van der Waals surface area contributed by atoms with Crippen LogP contribution in [-0.2, 0) is 0 Å². The highest BCUT2D eigenvalue weighted by Gasteiger charge is 2.07. The van der Waals surface area contributed by atoms with Crippen molar-refractivity contribution in [2.75, 3.05) is 17.3 Å². The van der Waals surface area contributed by atoms with Crippen molar-refractivity contribution in [2.45, 2.75) is 4.90 Å². The maximum Gasteiger partial charge on any atom is 0.150 e. The summed E-state index contributed by atoms with van der Waals surface area (Å²) < 4.78 is 0.677. The molecule has 2 aromatic rings. The molecular formula is C11H11BrN4S. The van der Waals surface area contributed by atoms with Gasteiger partial charge in [0.25, 0.3) is 0 Å². The Morgan fingerprint density at radius 1 is 1.29 bits per heavy atom. The highest BCUT2D eigenvalue weighted by molar-refractivity contribution is 9.10. The van der Waals surface area contributed by atoms with Gasteiger partial charge in [-0.2, -0.15) is 0 Å². The third-order valence-electron chi connectivity index (χ3n) is 2.18. The molecule has 0 unspecified atom stereocenters. The highest BCUT2D eigenvalue weighted by atomic mass is 79.9. The molecule has 0 radical (unpaired) electrons. The third-order valence-corrected chi connectivity index (χ3v) is 3.75. The van der Waals surface area contributed by atoms with Crippen molar-refractivity contribution in [1.29, 1.82) is 0 Å². The van der Waals surface area contributed by atoms with E-state index in [1.165, 1.54) is 6.33 Å². The van der Waals surface area contributed by atoms with E-state index in [1.807, 2.05) is 30.5 Å². The number of hydrogen-bond acceptors (Lipinski definition) is 5. The van der Waals surface area contributed by atoms with Gasteiger partial charge < -0.3 is 11.1 Å². The van der Waals surface area contributed by atoms with Crippen LogP contribution in [0.25, 0.3) is 0 Å². The normalized spacial score (nSPS) is 10.2. The summed E-state index contributed by atoms with van der Waals surface area (Å²) >= 11 is 5.04. The largest absolute Gasteiger partial charge is 0.383 e. The molecule has 6 heteroatoms. The molecule has 3 N–H and O–H groups in total. The molecule has 0 spiro atoms. The van der Waals surface area contributed by atoms with Crippen LogP contribution in [0.5, 0.6) is 0 Å². The molecule has 0 aliphatic rings. The van der Waals surface area contributed by atoms with Gasteiger partial charge in [0.15, 0.2) is 0 Å². The van der Waals surface area contributed by atoms with E-state index in [4.69, 9.17) is 5.73 Å². The number of benzene rings is 1. The summed E-state index contributed by atoms with van der Waals surface area (Å²) in [4.78, 5) is 9.20. The second-order valence-corrected chi connectivity index (χ2v) is 4.89. The maximum atomic E-state index is 5.70. The van der Waals surface area contributed by atoms with Crippen molar-refractivity contribution in [1.82, 2.24) is 9.97 Å². The topological polar surface area (TPSA) is 63.8 Å². The second-order valence-electron chi connectivity index (χ2n) is 3.25. The lowest BCUT2D eigenvalue weighted by molar-refractivity contribution is 1.16. The summed E-state index contributed by atoms with van der Waals surface area (Å²) in [5.41, 5.74) is 6.70. The van der Waals surface area contributed by atoms with Crippen LogP contribution in [0.1, 0.15) is 0 Å². The molecule has 17 heavy (non-hydrogen) atoms. The number of thioether (sulfide) groups is 1. The molecule has 0 bridgehead atoms. The Bertz CT molecular complexity index is 533. The molecule has 0 amide bonds. The number of nitrogens with two attached hydrogens (primary N) is 1. The SMILES string of the molecule is CSc1ccccc1Nc1ncnc(N)c1Br. The number of nitrogens with zero attached hydrogens (tertiary/aromatic N) is 2. The number of para-hydroxylation sites is 1. The van der Waals surface area contributed by atoms with E-state index < -0.39 is 0 Å². The number of anilines is 3. The Balaban J connectivity index is 2.35. The van der Waals surface area contributed by atoms with Crippen molar-refractivity contribution in [3.8, 4) is 0 Å². The fourth-order valence-electron chi connectivity index (χ4n) is 1.35. The zero-order valence-electron chi connectivity index (χ0n) is 9.14. The first kappa shape index (κ1) is 12.2. The Kier molecular flexibility index (Phi) is 3.86. The van der Waals surface area contributed by atoms with Crippen LogP contribution in [0.4, 0.5) is 17.3 Å². The van der Waals surface area contributed by atoms with Crippen LogP contribution in [0.15, 0.2) is 40.0 Å². The number of nitrogen functional groups attached to an aromatic ring is 1. The average molecular weight is 311 g/mol. The summed E-state index contributed by atoms with van der Waals surface area (Å²) in [6, 6.07) is 8.02. The zero-order chi connectivity index (χ0) is 12.3. The fraction of sp³-hybridized carbons (Fsp3) is 0.0909. The summed E-state index contributed by atoms with van der Waals surface area (Å²) in [6.45, 7) is 0. The van der Waals surface area contributed by atoms with Gasteiger partial charge in [0.2, 0.25) is 0 Å². The van der Waals surface area contributed by atoms with Gasteiger partial charge in [-0.25, -0.2) is 9.97 Å². The number of hydrogen-bond donors (Lipinski definition) is 2. The molecule has 0 saturated heterocycles. The van der Waals surface area contributed by atoms with Gasteiger partial charge in [-0.1, -0.05) is 12.1 Å². The van der Waals surface area contributed by atoms with Crippen molar-refractivity contribution in [3.63, 3.8) is 0 Å². The number of halogens is 1. The highest BCUT2D eigenvalue weighted by Crippen LogP contribution is 2.31. The van der Waals surface area contributed by atoms with Crippen LogP contribution in [-0.4, -0.2) is 16.2 Å². The molecule has 0 fully saturated rings. The molecule has 88 valence electrons. The van der Waals surface area contributed by atoms with Crippen LogP contribution >= 0.6 is 27.7 Å². The Labute approximate surface area is 112 Å². The lowest BCUT2D eigenvalue weighted by Gasteiger charge is -2.11. The Morgan fingerprint density at radius 2 is 2.06 bits per heavy atom. The van der Waals surface area contributed by atoms with Crippen LogP contribution < -0.4 is 11.1 Å². The van der Waals surface area contributed by atoms with Gasteiger partial charge in [0.05, 0.1) is 5.69 Å². The number of rotatable bonds is 3. The quantitative estimate of drug-likeness (QED) is 0.852. The van der Waals surface area contributed by atoms with Crippen LogP contribution in [0.2, 0.25) is 0 Å². The Morgan fingerprint density at radius 3 is 2.82 bits per heavy atom. The van der Waals surface area contributed by atoms with Crippen LogP contribution in [0.3, 0.4) is 0 Å². The number of nitrogens with one attached hydrogen (secondary N) is 1. The van der Waals surface area contributed by atoms with E-state index in [1.54, 1.807) is 11.8 Å². The summed E-state index contributed by atoms with van der Waals surface area (Å²) in [5.74, 6) is 1.09. The molecule has 1 heterocycles. The van der Waals surface area contributed by atoms with Crippen molar-refractivity contribution < 1.29 is 0 Å². The lowest BCUT2D eigenvalue weighted by atomic mass is 10.3. The summed E-state index contributed by atoms with van der Waals surface area (Å²) in [6.07, 6.45) is 3.47. The Hall–Kier alpha value is -1.27. The molecule has 4 nitrogen and oxygen atoms in total. The molecule has 1 aromatic heterocycles. The van der Waals surface area contributed by atoms with E-state index in [0.717, 1.165) is 10.6 Å².